The molecule has 0 aromatic rings. The Morgan fingerprint density at radius 3 is 2.67 bits per heavy atom. The number of rotatable bonds is 7. The lowest BCUT2D eigenvalue weighted by molar-refractivity contribution is -0.133. The highest BCUT2D eigenvalue weighted by molar-refractivity contribution is 7.91. The first-order valence-corrected chi connectivity index (χ1v) is 8.46. The molecule has 1 amide bonds. The van der Waals surface area contributed by atoms with Gasteiger partial charge in [-0.05, 0) is 32.9 Å². The first kappa shape index (κ1) is 15.4. The maximum absolute atomic E-state index is 12.1. The Morgan fingerprint density at radius 1 is 1.44 bits per heavy atom. The molecule has 1 fully saturated rings. The van der Waals surface area contributed by atoms with Crippen LogP contribution in [0.1, 0.15) is 32.6 Å². The Bertz CT molecular complexity index is 368. The molecule has 0 aromatic heterocycles. The van der Waals surface area contributed by atoms with Gasteiger partial charge >= 0.3 is 0 Å². The first-order chi connectivity index (χ1) is 8.50. The molecule has 1 N–H and O–H groups in total. The molecule has 106 valence electrons. The van der Waals surface area contributed by atoms with Crippen molar-refractivity contribution in [1.29, 1.82) is 0 Å². The number of hydrogen-bond donors (Lipinski definition) is 1. The highest BCUT2D eigenvalue weighted by Crippen LogP contribution is 2.19. The molecule has 0 spiro atoms. The zero-order chi connectivity index (χ0) is 13.6. The average Bonchev–Trinajstić information content (AvgIpc) is 2.66. The fourth-order valence-corrected chi connectivity index (χ4v) is 4.06. The number of amides is 1. The maximum atomic E-state index is 12.1. The van der Waals surface area contributed by atoms with Crippen LogP contribution in [0, 0.1) is 0 Å². The molecule has 0 aromatic carbocycles. The first-order valence-electron chi connectivity index (χ1n) is 6.64. The molecule has 5 nitrogen and oxygen atoms in total. The van der Waals surface area contributed by atoms with E-state index in [0.29, 0.717) is 19.4 Å². The van der Waals surface area contributed by atoms with Crippen LogP contribution in [-0.2, 0) is 14.6 Å². The van der Waals surface area contributed by atoms with Crippen LogP contribution in [0.15, 0.2) is 0 Å². The Morgan fingerprint density at radius 2 is 2.17 bits per heavy atom. The summed E-state index contributed by atoms with van der Waals surface area (Å²) in [6.45, 7) is 3.49. The third-order valence-electron chi connectivity index (χ3n) is 3.25. The van der Waals surface area contributed by atoms with Crippen LogP contribution in [0.2, 0.25) is 0 Å². The number of nitrogens with one attached hydrogen (secondary N) is 1. The largest absolute Gasteiger partial charge is 0.339 e. The lowest BCUT2D eigenvalue weighted by Crippen LogP contribution is -2.41. The van der Waals surface area contributed by atoms with Gasteiger partial charge in [0.05, 0.1) is 11.5 Å². The number of sulfone groups is 1. The van der Waals surface area contributed by atoms with Crippen molar-refractivity contribution in [1.82, 2.24) is 10.2 Å². The van der Waals surface area contributed by atoms with Crippen LogP contribution in [0.3, 0.4) is 0 Å². The summed E-state index contributed by atoms with van der Waals surface area (Å²) in [6.07, 6.45) is 2.76. The van der Waals surface area contributed by atoms with Crippen LogP contribution >= 0.6 is 0 Å². The highest BCUT2D eigenvalue weighted by Gasteiger charge is 2.33. The van der Waals surface area contributed by atoms with Crippen LogP contribution in [0.4, 0.5) is 0 Å². The zero-order valence-electron chi connectivity index (χ0n) is 11.3. The van der Waals surface area contributed by atoms with E-state index < -0.39 is 9.84 Å². The van der Waals surface area contributed by atoms with Gasteiger partial charge in [-0.15, -0.1) is 0 Å². The van der Waals surface area contributed by atoms with Gasteiger partial charge in [0.25, 0.3) is 0 Å². The summed E-state index contributed by atoms with van der Waals surface area (Å²) in [5.41, 5.74) is 0. The number of nitrogens with zero attached hydrogens (tertiary/aromatic N) is 1. The van der Waals surface area contributed by atoms with Gasteiger partial charge in [0.2, 0.25) is 5.91 Å². The van der Waals surface area contributed by atoms with Crippen molar-refractivity contribution in [3.8, 4) is 0 Å². The lowest BCUT2D eigenvalue weighted by Gasteiger charge is -2.28. The third-order valence-corrected chi connectivity index (χ3v) is 5.00. The van der Waals surface area contributed by atoms with Crippen molar-refractivity contribution in [2.45, 2.75) is 38.6 Å². The number of hydrogen-bond acceptors (Lipinski definition) is 4. The number of carbonyl (C=O) groups is 1. The van der Waals surface area contributed by atoms with E-state index in [2.05, 4.69) is 5.32 Å². The van der Waals surface area contributed by atoms with Gasteiger partial charge in [0, 0.05) is 19.0 Å². The van der Waals surface area contributed by atoms with Gasteiger partial charge in [0.15, 0.2) is 9.84 Å². The van der Waals surface area contributed by atoms with E-state index in [0.717, 1.165) is 19.4 Å². The third kappa shape index (κ3) is 4.57. The molecule has 1 aliphatic heterocycles. The molecule has 6 heteroatoms. The summed E-state index contributed by atoms with van der Waals surface area (Å²) < 4.78 is 23.0. The van der Waals surface area contributed by atoms with E-state index in [9.17, 15) is 13.2 Å². The van der Waals surface area contributed by atoms with E-state index in [1.54, 1.807) is 4.90 Å². The molecule has 1 saturated heterocycles. The zero-order valence-corrected chi connectivity index (χ0v) is 12.1. The topological polar surface area (TPSA) is 66.5 Å². The van der Waals surface area contributed by atoms with Crippen molar-refractivity contribution >= 4 is 15.7 Å². The predicted molar refractivity (Wildman–Crippen MR) is 72.2 cm³/mol. The van der Waals surface area contributed by atoms with Crippen molar-refractivity contribution in [2.75, 3.05) is 31.6 Å². The highest BCUT2D eigenvalue weighted by atomic mass is 32.2. The summed E-state index contributed by atoms with van der Waals surface area (Å²) in [7, 11) is -1.06. The van der Waals surface area contributed by atoms with Crippen LogP contribution in [-0.4, -0.2) is 56.9 Å². The number of carbonyl (C=O) groups excluding carboxylic acids is 1. The molecule has 0 bridgehead atoms. The van der Waals surface area contributed by atoms with Crippen LogP contribution < -0.4 is 5.32 Å². The summed E-state index contributed by atoms with van der Waals surface area (Å²) in [5.74, 6) is 0.459. The van der Waals surface area contributed by atoms with Gasteiger partial charge in [-0.2, -0.15) is 0 Å². The van der Waals surface area contributed by atoms with E-state index in [-0.39, 0.29) is 23.5 Å². The van der Waals surface area contributed by atoms with Crippen LogP contribution in [0.5, 0.6) is 0 Å². The average molecular weight is 276 g/mol. The van der Waals surface area contributed by atoms with Crippen molar-refractivity contribution in [2.24, 2.45) is 0 Å². The Hall–Kier alpha value is -0.620. The molecule has 1 aliphatic rings. The summed E-state index contributed by atoms with van der Waals surface area (Å²) in [4.78, 5) is 13.9. The van der Waals surface area contributed by atoms with Crippen LogP contribution in [0.25, 0.3) is 0 Å². The van der Waals surface area contributed by atoms with Crippen molar-refractivity contribution in [3.05, 3.63) is 0 Å². The second kappa shape index (κ2) is 7.09. The predicted octanol–water partition coefficient (Wildman–Crippen LogP) is 0.412. The van der Waals surface area contributed by atoms with Gasteiger partial charge in [-0.1, -0.05) is 6.92 Å². The molecule has 1 unspecified atom stereocenters. The van der Waals surface area contributed by atoms with Gasteiger partial charge in [0.1, 0.15) is 0 Å². The smallest absolute Gasteiger partial charge is 0.222 e. The van der Waals surface area contributed by atoms with Gasteiger partial charge in [-0.3, -0.25) is 4.79 Å². The minimum absolute atomic E-state index is 0.0919. The fraction of sp³-hybridized carbons (Fsp3) is 0.917. The van der Waals surface area contributed by atoms with E-state index in [4.69, 9.17) is 0 Å². The molecule has 1 atom stereocenters. The summed E-state index contributed by atoms with van der Waals surface area (Å²) in [5, 5.41) is 3.01. The van der Waals surface area contributed by atoms with Crippen molar-refractivity contribution in [3.63, 3.8) is 0 Å². The second-order valence-electron chi connectivity index (χ2n) is 4.85. The van der Waals surface area contributed by atoms with Crippen molar-refractivity contribution < 1.29 is 13.2 Å². The molecular formula is C12H24N2O3S. The maximum Gasteiger partial charge on any atom is 0.222 e. The molecule has 1 heterocycles. The normalized spacial score (nSPS) is 22.0. The summed E-state index contributed by atoms with van der Waals surface area (Å²) in [6, 6.07) is -0.1000. The molecule has 0 saturated carbocycles. The van der Waals surface area contributed by atoms with Gasteiger partial charge < -0.3 is 10.2 Å². The standard InChI is InChI=1S/C12H24N2O3S/c1-3-8-14(12(15)5-4-7-13-2)11-6-9-18(16,17)10-11/h11,13H,3-10H2,1-2H3. The molecular weight excluding hydrogens is 252 g/mol. The van der Waals surface area contributed by atoms with Gasteiger partial charge in [-0.25, -0.2) is 8.42 Å². The molecule has 18 heavy (non-hydrogen) atoms. The summed E-state index contributed by atoms with van der Waals surface area (Å²) >= 11 is 0. The quantitative estimate of drug-likeness (QED) is 0.684. The minimum atomic E-state index is -2.92. The Labute approximate surface area is 110 Å². The Kier molecular flexibility index (Phi) is 6.08. The van der Waals surface area contributed by atoms with E-state index >= 15 is 0 Å². The monoisotopic (exact) mass is 276 g/mol. The van der Waals surface area contributed by atoms with E-state index in [1.807, 2.05) is 14.0 Å². The minimum Gasteiger partial charge on any atom is -0.339 e. The molecule has 1 rings (SSSR count). The Balaban J connectivity index is 2.56. The lowest BCUT2D eigenvalue weighted by atomic mass is 10.1. The fourth-order valence-electron chi connectivity index (χ4n) is 2.33. The SMILES string of the molecule is CCCN(C(=O)CCCNC)C1CCS(=O)(=O)C1. The second-order valence-corrected chi connectivity index (χ2v) is 7.08. The molecule has 0 radical (unpaired) electrons. The molecule has 0 aliphatic carbocycles. The van der Waals surface area contributed by atoms with E-state index in [1.165, 1.54) is 0 Å².